The molecule has 0 aliphatic carbocycles. The first kappa shape index (κ1) is 31.2. The lowest BCUT2D eigenvalue weighted by molar-refractivity contribution is 0.139. The second-order valence-electron chi connectivity index (χ2n) is 8.17. The monoisotopic (exact) mass is 553 g/mol. The van der Waals surface area contributed by atoms with Gasteiger partial charge in [-0.05, 0) is 38.2 Å². The molecular formula is C26H39Cl4NO3. The van der Waals surface area contributed by atoms with Gasteiger partial charge in [-0.2, -0.15) is 0 Å². The molecule has 0 bridgehead atoms. The molecule has 8 heteroatoms. The van der Waals surface area contributed by atoms with Crippen LogP contribution in [0.2, 0.25) is 10.0 Å². The van der Waals surface area contributed by atoms with Crippen molar-refractivity contribution in [2.24, 2.45) is 5.16 Å². The van der Waals surface area contributed by atoms with Gasteiger partial charge in [-0.15, -0.1) is 0 Å². The Labute approximate surface area is 225 Å². The maximum atomic E-state index is 6.26. The molecule has 0 aliphatic heterocycles. The molecule has 0 radical (unpaired) electrons. The predicted octanol–water partition coefficient (Wildman–Crippen LogP) is 10.2. The van der Waals surface area contributed by atoms with Gasteiger partial charge in [-0.3, -0.25) is 0 Å². The minimum atomic E-state index is 0.142. The Morgan fingerprint density at radius 2 is 1.38 bits per heavy atom. The number of halogens is 4. The number of benzene rings is 1. The number of hydrogen-bond donors (Lipinski definition) is 0. The van der Waals surface area contributed by atoms with E-state index < -0.39 is 0 Å². The Morgan fingerprint density at radius 3 is 2.03 bits per heavy atom. The van der Waals surface area contributed by atoms with Crippen molar-refractivity contribution in [2.75, 3.05) is 19.8 Å². The van der Waals surface area contributed by atoms with E-state index in [1.165, 1.54) is 63.9 Å². The lowest BCUT2D eigenvalue weighted by Gasteiger charge is -2.12. The van der Waals surface area contributed by atoms with Crippen LogP contribution >= 0.6 is 46.4 Å². The van der Waals surface area contributed by atoms with E-state index >= 15 is 0 Å². The molecule has 1 rings (SSSR count). The third-order valence-corrected chi connectivity index (χ3v) is 6.04. The Bertz CT molecular complexity index is 686. The van der Waals surface area contributed by atoms with Gasteiger partial charge in [0, 0.05) is 18.3 Å². The number of rotatable bonds is 21. The maximum Gasteiger partial charge on any atom is 0.156 e. The summed E-state index contributed by atoms with van der Waals surface area (Å²) in [5, 5.41) is 4.84. The summed E-state index contributed by atoms with van der Waals surface area (Å²) in [6.45, 7) is 3.62. The molecular weight excluding hydrogens is 516 g/mol. The number of hydrogen-bond acceptors (Lipinski definition) is 4. The SMILES string of the molecule is CCCCCCCCCCCC=NOCCCCCOc1c(Cl)cc(OCC=C(Cl)Cl)cc1Cl. The summed E-state index contributed by atoms with van der Waals surface area (Å²) in [5.41, 5.74) is 0. The zero-order valence-corrected chi connectivity index (χ0v) is 23.3. The standard InChI is InChI=1S/C26H39Cl4NO3/c1-2-3-4-5-6-7-8-9-10-12-16-31-34-18-14-11-13-17-33-26-23(27)20-22(21-24(26)28)32-19-15-25(29)30/h15-16,20-21H,2-14,17-19H2,1H3. The molecule has 1 aromatic rings. The average Bonchev–Trinajstić information content (AvgIpc) is 2.79. The van der Waals surface area contributed by atoms with Gasteiger partial charge in [-0.25, -0.2) is 0 Å². The van der Waals surface area contributed by atoms with Crippen LogP contribution in [0.1, 0.15) is 90.4 Å². The second kappa shape index (κ2) is 21.5. The van der Waals surface area contributed by atoms with Crippen LogP contribution < -0.4 is 9.47 Å². The van der Waals surface area contributed by atoms with Crippen LogP contribution in [0.4, 0.5) is 0 Å². The van der Waals surface area contributed by atoms with Crippen LogP contribution in [0.3, 0.4) is 0 Å². The minimum Gasteiger partial charge on any atom is -0.490 e. The molecule has 1 aromatic carbocycles. The van der Waals surface area contributed by atoms with Crippen LogP contribution in [-0.2, 0) is 4.84 Å². The fraction of sp³-hybridized carbons (Fsp3) is 0.654. The molecule has 194 valence electrons. The summed E-state index contributed by atoms with van der Waals surface area (Å²) in [6, 6.07) is 3.30. The van der Waals surface area contributed by atoms with Crippen molar-refractivity contribution in [3.05, 3.63) is 32.7 Å². The first-order chi connectivity index (χ1) is 16.5. The highest BCUT2D eigenvalue weighted by molar-refractivity contribution is 6.55. The van der Waals surface area contributed by atoms with Crippen molar-refractivity contribution < 1.29 is 14.3 Å². The van der Waals surface area contributed by atoms with Crippen molar-refractivity contribution in [2.45, 2.75) is 90.4 Å². The molecule has 34 heavy (non-hydrogen) atoms. The summed E-state index contributed by atoms with van der Waals surface area (Å²) >= 11 is 23.6. The van der Waals surface area contributed by atoms with Crippen molar-refractivity contribution in [1.82, 2.24) is 0 Å². The minimum absolute atomic E-state index is 0.142. The summed E-state index contributed by atoms with van der Waals surface area (Å²) in [7, 11) is 0. The van der Waals surface area contributed by atoms with E-state index in [1.807, 2.05) is 6.21 Å². The van der Waals surface area contributed by atoms with E-state index in [1.54, 1.807) is 12.1 Å². The van der Waals surface area contributed by atoms with Crippen molar-refractivity contribution in [3.63, 3.8) is 0 Å². The van der Waals surface area contributed by atoms with Crippen molar-refractivity contribution in [3.8, 4) is 11.5 Å². The van der Waals surface area contributed by atoms with Crippen LogP contribution in [-0.4, -0.2) is 26.0 Å². The molecule has 0 heterocycles. The molecule has 0 saturated carbocycles. The van der Waals surface area contributed by atoms with Gasteiger partial charge in [-0.1, -0.05) is 110 Å². The van der Waals surface area contributed by atoms with Gasteiger partial charge in [0.05, 0.1) is 16.7 Å². The van der Waals surface area contributed by atoms with Gasteiger partial charge in [0.1, 0.15) is 23.5 Å². The van der Waals surface area contributed by atoms with E-state index in [0.717, 1.165) is 25.7 Å². The highest BCUT2D eigenvalue weighted by Gasteiger charge is 2.10. The topological polar surface area (TPSA) is 40.0 Å². The largest absolute Gasteiger partial charge is 0.490 e. The average molecular weight is 555 g/mol. The zero-order chi connectivity index (χ0) is 24.9. The fourth-order valence-electron chi connectivity index (χ4n) is 3.28. The molecule has 0 unspecified atom stereocenters. The van der Waals surface area contributed by atoms with Gasteiger partial charge < -0.3 is 14.3 Å². The maximum absolute atomic E-state index is 6.26. The highest BCUT2D eigenvalue weighted by atomic mass is 35.5. The smallest absolute Gasteiger partial charge is 0.156 e. The summed E-state index contributed by atoms with van der Waals surface area (Å²) in [6.07, 6.45) is 19.2. The van der Waals surface area contributed by atoms with Crippen LogP contribution in [0, 0.1) is 0 Å². The Kier molecular flexibility index (Phi) is 19.7. The summed E-state index contributed by atoms with van der Waals surface area (Å²) in [4.78, 5) is 5.33. The van der Waals surface area contributed by atoms with Crippen molar-refractivity contribution >= 4 is 52.6 Å². The quantitative estimate of drug-likeness (QED) is 0.0861. The van der Waals surface area contributed by atoms with Gasteiger partial charge in [0.25, 0.3) is 0 Å². The Balaban J connectivity index is 2.01. The van der Waals surface area contributed by atoms with E-state index in [-0.39, 0.29) is 11.1 Å². The van der Waals surface area contributed by atoms with E-state index in [4.69, 9.17) is 60.7 Å². The highest BCUT2D eigenvalue weighted by Crippen LogP contribution is 2.37. The molecule has 0 atom stereocenters. The van der Waals surface area contributed by atoms with Gasteiger partial charge >= 0.3 is 0 Å². The normalized spacial score (nSPS) is 11.1. The van der Waals surface area contributed by atoms with Gasteiger partial charge in [0.2, 0.25) is 0 Å². The Hall–Kier alpha value is -0.810. The number of ether oxygens (including phenoxy) is 2. The van der Waals surface area contributed by atoms with Crippen LogP contribution in [0.25, 0.3) is 0 Å². The molecule has 0 saturated heterocycles. The summed E-state index contributed by atoms with van der Waals surface area (Å²) in [5.74, 6) is 0.975. The number of nitrogens with zero attached hydrogens (tertiary/aromatic N) is 1. The Morgan fingerprint density at radius 1 is 0.794 bits per heavy atom. The molecule has 0 spiro atoms. The molecule has 0 aliphatic rings. The molecule has 4 nitrogen and oxygen atoms in total. The lowest BCUT2D eigenvalue weighted by atomic mass is 10.1. The van der Waals surface area contributed by atoms with E-state index in [2.05, 4.69) is 12.1 Å². The first-order valence-corrected chi connectivity index (χ1v) is 13.9. The molecule has 0 amide bonds. The number of unbranched alkanes of at least 4 members (excludes halogenated alkanes) is 11. The van der Waals surface area contributed by atoms with Gasteiger partial charge in [0.15, 0.2) is 5.75 Å². The second-order valence-corrected chi connectivity index (χ2v) is 9.99. The lowest BCUT2D eigenvalue weighted by Crippen LogP contribution is -2.00. The van der Waals surface area contributed by atoms with Crippen molar-refractivity contribution in [1.29, 1.82) is 0 Å². The number of oxime groups is 1. The summed E-state index contributed by atoms with van der Waals surface area (Å²) < 4.78 is 11.4. The fourth-order valence-corrected chi connectivity index (χ4v) is 3.98. The molecule has 0 N–H and O–H groups in total. The zero-order valence-electron chi connectivity index (χ0n) is 20.3. The van der Waals surface area contributed by atoms with Crippen LogP contribution in [0.5, 0.6) is 11.5 Å². The molecule has 0 aromatic heterocycles. The third kappa shape index (κ3) is 16.8. The third-order valence-electron chi connectivity index (χ3n) is 5.17. The van der Waals surface area contributed by atoms with E-state index in [0.29, 0.717) is 34.8 Å². The first-order valence-electron chi connectivity index (χ1n) is 12.4. The predicted molar refractivity (Wildman–Crippen MR) is 147 cm³/mol. The van der Waals surface area contributed by atoms with Crippen LogP contribution in [0.15, 0.2) is 27.9 Å². The van der Waals surface area contributed by atoms with E-state index in [9.17, 15) is 0 Å². The molecule has 0 fully saturated rings.